The van der Waals surface area contributed by atoms with Gasteiger partial charge in [-0.05, 0) is 63.0 Å². The van der Waals surface area contributed by atoms with Crippen LogP contribution in [0.4, 0.5) is 0 Å². The molecule has 0 spiro atoms. The van der Waals surface area contributed by atoms with Crippen LogP contribution in [-0.4, -0.2) is 42.8 Å². The van der Waals surface area contributed by atoms with Gasteiger partial charge in [-0.15, -0.1) is 5.10 Å². The molecule has 0 bridgehead atoms. The number of nitrogens with zero attached hydrogens (tertiary/aromatic N) is 7. The molecule has 8 heteroatoms. The summed E-state index contributed by atoms with van der Waals surface area (Å²) in [5, 5.41) is 18.9. The predicted molar refractivity (Wildman–Crippen MR) is 121 cm³/mol. The third kappa shape index (κ3) is 3.40. The van der Waals surface area contributed by atoms with E-state index in [1.807, 2.05) is 23.1 Å². The summed E-state index contributed by atoms with van der Waals surface area (Å²) in [7, 11) is 0. The highest BCUT2D eigenvalue weighted by atomic mass is 15.4. The summed E-state index contributed by atoms with van der Waals surface area (Å²) >= 11 is 0. The Morgan fingerprint density at radius 1 is 1.19 bits per heavy atom. The van der Waals surface area contributed by atoms with Crippen molar-refractivity contribution in [1.29, 1.82) is 0 Å². The number of pyridine rings is 1. The molecule has 8 nitrogen and oxygen atoms in total. The Morgan fingerprint density at radius 2 is 2.09 bits per heavy atom. The zero-order chi connectivity index (χ0) is 21.5. The first-order valence-electron chi connectivity index (χ1n) is 11.3. The maximum Gasteiger partial charge on any atom is 0.174 e. The number of rotatable bonds is 4. The second-order valence-electron chi connectivity index (χ2n) is 8.97. The highest BCUT2D eigenvalue weighted by Crippen LogP contribution is 2.31. The van der Waals surface area contributed by atoms with Crippen molar-refractivity contribution in [3.63, 3.8) is 0 Å². The molecular weight excluding hydrogens is 400 g/mol. The fourth-order valence-electron chi connectivity index (χ4n) is 4.72. The van der Waals surface area contributed by atoms with Crippen molar-refractivity contribution >= 4 is 17.0 Å². The first-order chi connectivity index (χ1) is 15.7. The van der Waals surface area contributed by atoms with Crippen LogP contribution in [-0.2, 0) is 12.1 Å². The van der Waals surface area contributed by atoms with E-state index < -0.39 is 0 Å². The van der Waals surface area contributed by atoms with E-state index in [0.717, 1.165) is 65.2 Å². The van der Waals surface area contributed by atoms with Gasteiger partial charge in [-0.1, -0.05) is 23.4 Å². The van der Waals surface area contributed by atoms with E-state index in [-0.39, 0.29) is 5.54 Å². The molecule has 5 heterocycles. The smallest absolute Gasteiger partial charge is 0.174 e. The maximum absolute atomic E-state index is 5.15. The molecule has 4 aromatic rings. The lowest BCUT2D eigenvalue weighted by molar-refractivity contribution is 0.342. The highest BCUT2D eigenvalue weighted by molar-refractivity contribution is 5.78. The van der Waals surface area contributed by atoms with E-state index >= 15 is 0 Å². The van der Waals surface area contributed by atoms with Crippen molar-refractivity contribution in [2.75, 3.05) is 13.1 Å². The fourth-order valence-corrected chi connectivity index (χ4v) is 4.72. The van der Waals surface area contributed by atoms with Gasteiger partial charge in [0.05, 0.1) is 29.8 Å². The van der Waals surface area contributed by atoms with Crippen molar-refractivity contribution < 1.29 is 0 Å². The van der Waals surface area contributed by atoms with Gasteiger partial charge < -0.3 is 5.32 Å². The first-order valence-corrected chi connectivity index (χ1v) is 11.3. The number of hydrogen-bond acceptors (Lipinski definition) is 6. The number of hydrogen-bond donors (Lipinski definition) is 1. The van der Waals surface area contributed by atoms with Crippen molar-refractivity contribution in [2.24, 2.45) is 4.99 Å². The number of piperidine rings is 1. The Bertz CT molecular complexity index is 1390. The Balaban J connectivity index is 1.32. The van der Waals surface area contributed by atoms with Crippen molar-refractivity contribution in [2.45, 2.75) is 44.3 Å². The second kappa shape index (κ2) is 7.63. The normalized spacial score (nSPS) is 21.2. The molecule has 162 valence electrons. The van der Waals surface area contributed by atoms with Gasteiger partial charge in [0.25, 0.3) is 0 Å². The summed E-state index contributed by atoms with van der Waals surface area (Å²) in [6.45, 7) is 4.90. The van der Waals surface area contributed by atoms with Gasteiger partial charge in [0.2, 0.25) is 0 Å². The van der Waals surface area contributed by atoms with E-state index in [4.69, 9.17) is 10.1 Å². The Hall–Kier alpha value is -3.39. The summed E-state index contributed by atoms with van der Waals surface area (Å²) in [6.07, 6.45) is 11.2. The molecule has 1 unspecified atom stereocenters. The molecule has 1 saturated heterocycles. The minimum absolute atomic E-state index is 0.370. The Morgan fingerprint density at radius 3 is 3.00 bits per heavy atom. The van der Waals surface area contributed by atoms with Gasteiger partial charge in [0.15, 0.2) is 5.49 Å². The van der Waals surface area contributed by atoms with E-state index in [2.05, 4.69) is 68.8 Å². The zero-order valence-electron chi connectivity index (χ0n) is 18.1. The average Bonchev–Trinajstić information content (AvgIpc) is 3.48. The fraction of sp³-hybridized carbons (Fsp3) is 0.375. The molecule has 1 N–H and O–H groups in total. The summed E-state index contributed by atoms with van der Waals surface area (Å²) < 4.78 is 4.03. The van der Waals surface area contributed by atoms with Gasteiger partial charge >= 0.3 is 0 Å². The van der Waals surface area contributed by atoms with E-state index in [1.54, 1.807) is 0 Å². The second-order valence-corrected chi connectivity index (χ2v) is 8.97. The highest BCUT2D eigenvalue weighted by Gasteiger charge is 2.30. The van der Waals surface area contributed by atoms with Crippen LogP contribution in [0.5, 0.6) is 0 Å². The molecule has 0 aliphatic carbocycles. The minimum atomic E-state index is -0.370. The van der Waals surface area contributed by atoms with Crippen LogP contribution in [0.2, 0.25) is 0 Å². The summed E-state index contributed by atoms with van der Waals surface area (Å²) in [5.74, 6) is 0. The van der Waals surface area contributed by atoms with Crippen molar-refractivity contribution in [3.8, 4) is 0 Å². The van der Waals surface area contributed by atoms with Crippen LogP contribution >= 0.6 is 0 Å². The van der Waals surface area contributed by atoms with Crippen LogP contribution < -0.4 is 16.2 Å². The standard InChI is InChI=1S/C24H26N8/c1-24(19-14-27-31(16-19)20-7-11-25-12-8-20)9-6-22-23(28-24)32(30-29-22)15-17-4-5-21-18(13-17)3-2-10-26-21/h2-6,10,13-14,16,20,25H,7-9,11-12,15H2,1H3. The molecule has 0 radical (unpaired) electrons. The molecule has 2 aliphatic rings. The zero-order valence-corrected chi connectivity index (χ0v) is 18.1. The molecule has 32 heavy (non-hydrogen) atoms. The minimum Gasteiger partial charge on any atom is -0.317 e. The monoisotopic (exact) mass is 426 g/mol. The van der Waals surface area contributed by atoms with E-state index in [9.17, 15) is 0 Å². The van der Waals surface area contributed by atoms with Crippen LogP contribution in [0.3, 0.4) is 0 Å². The number of benzene rings is 1. The predicted octanol–water partition coefficient (Wildman–Crippen LogP) is 1.71. The largest absolute Gasteiger partial charge is 0.317 e. The SMILES string of the molecule is CC1(c2cnn(C3CCNCC3)c2)CC=c2nnn(Cc3ccc4ncccc4c3)c2=N1. The molecule has 3 aromatic heterocycles. The van der Waals surface area contributed by atoms with Gasteiger partial charge in [-0.3, -0.25) is 14.7 Å². The maximum atomic E-state index is 5.15. The van der Waals surface area contributed by atoms with Crippen LogP contribution in [0.15, 0.2) is 53.9 Å². The number of nitrogens with one attached hydrogen (secondary N) is 1. The molecule has 1 atom stereocenters. The number of aromatic nitrogens is 6. The molecule has 0 saturated carbocycles. The third-order valence-corrected chi connectivity index (χ3v) is 6.69. The first kappa shape index (κ1) is 19.3. The lowest BCUT2D eigenvalue weighted by atomic mass is 9.90. The van der Waals surface area contributed by atoms with Gasteiger partial charge in [0, 0.05) is 23.3 Å². The lowest BCUT2D eigenvalue weighted by Gasteiger charge is -2.25. The van der Waals surface area contributed by atoms with E-state index in [0.29, 0.717) is 12.6 Å². The van der Waals surface area contributed by atoms with Crippen LogP contribution in [0, 0.1) is 0 Å². The molecule has 2 aliphatic heterocycles. The van der Waals surface area contributed by atoms with Crippen LogP contribution in [0.25, 0.3) is 17.0 Å². The Labute approximate surface area is 185 Å². The van der Waals surface area contributed by atoms with Crippen molar-refractivity contribution in [3.05, 3.63) is 70.9 Å². The summed E-state index contributed by atoms with van der Waals surface area (Å²) in [5.41, 5.74) is 3.75. The topological polar surface area (TPSA) is 85.8 Å². The summed E-state index contributed by atoms with van der Waals surface area (Å²) in [6, 6.07) is 10.8. The lowest BCUT2D eigenvalue weighted by Crippen LogP contribution is -2.39. The number of fused-ring (bicyclic) bond motifs is 2. The quantitative estimate of drug-likeness (QED) is 0.537. The molecule has 6 rings (SSSR count). The van der Waals surface area contributed by atoms with Gasteiger partial charge in [0.1, 0.15) is 5.35 Å². The summed E-state index contributed by atoms with van der Waals surface area (Å²) in [4.78, 5) is 9.56. The average molecular weight is 427 g/mol. The molecular formula is C24H26N8. The molecule has 1 fully saturated rings. The van der Waals surface area contributed by atoms with Crippen molar-refractivity contribution in [1.82, 2.24) is 35.1 Å². The van der Waals surface area contributed by atoms with Gasteiger partial charge in [-0.25, -0.2) is 4.68 Å². The molecule has 0 amide bonds. The molecule has 1 aromatic carbocycles. The van der Waals surface area contributed by atoms with Gasteiger partial charge in [-0.2, -0.15) is 5.10 Å². The van der Waals surface area contributed by atoms with Crippen LogP contribution in [0.1, 0.15) is 43.4 Å². The third-order valence-electron chi connectivity index (χ3n) is 6.69. The van der Waals surface area contributed by atoms with E-state index in [1.165, 1.54) is 0 Å². The Kier molecular flexibility index (Phi) is 4.61.